The van der Waals surface area contributed by atoms with E-state index in [0.29, 0.717) is 16.7 Å². The number of hydrogen-bond donors (Lipinski definition) is 0. The highest BCUT2D eigenvalue weighted by atomic mass is 79.9. The maximum atomic E-state index is 12.2. The average molecular weight is 370 g/mol. The molecule has 0 N–H and O–H groups in total. The molecule has 23 heavy (non-hydrogen) atoms. The molecule has 5 nitrogen and oxygen atoms in total. The molecule has 2 aromatic rings. The summed E-state index contributed by atoms with van der Waals surface area (Å²) in [6, 6.07) is 14.1. The second-order valence-electron chi connectivity index (χ2n) is 4.90. The Bertz CT molecular complexity index is 930. The fraction of sp³-hybridized carbons (Fsp3) is 0. The number of rotatable bonds is 1. The minimum absolute atomic E-state index is 0.00551. The van der Waals surface area contributed by atoms with Gasteiger partial charge < -0.3 is 9.47 Å². The monoisotopic (exact) mass is 369 g/mol. The van der Waals surface area contributed by atoms with Crippen molar-refractivity contribution < 1.29 is 19.1 Å². The minimum Gasteiger partial charge on any atom is -0.420 e. The lowest BCUT2D eigenvalue weighted by Gasteiger charge is -2.01. The van der Waals surface area contributed by atoms with Crippen LogP contribution >= 0.6 is 15.9 Å². The van der Waals surface area contributed by atoms with Crippen molar-refractivity contribution in [2.45, 2.75) is 0 Å². The largest absolute Gasteiger partial charge is 0.420 e. The summed E-state index contributed by atoms with van der Waals surface area (Å²) < 4.78 is 11.2. The number of carbonyl (C=O) groups excluding carboxylic acids is 2. The summed E-state index contributed by atoms with van der Waals surface area (Å²) in [4.78, 5) is 28.3. The van der Waals surface area contributed by atoms with Gasteiger partial charge in [-0.3, -0.25) is 0 Å². The first-order chi connectivity index (χ1) is 11.1. The van der Waals surface area contributed by atoms with Crippen molar-refractivity contribution in [1.29, 1.82) is 0 Å². The van der Waals surface area contributed by atoms with Crippen molar-refractivity contribution in [2.75, 3.05) is 0 Å². The van der Waals surface area contributed by atoms with Crippen LogP contribution in [-0.2, 0) is 14.3 Å². The Labute approximate surface area is 139 Å². The van der Waals surface area contributed by atoms with Gasteiger partial charge >= 0.3 is 11.9 Å². The van der Waals surface area contributed by atoms with Gasteiger partial charge in [-0.1, -0.05) is 30.3 Å². The van der Waals surface area contributed by atoms with E-state index in [1.54, 1.807) is 30.3 Å². The molecular formula is C17H8BrNO4. The van der Waals surface area contributed by atoms with Crippen LogP contribution in [0.4, 0.5) is 0 Å². The summed E-state index contributed by atoms with van der Waals surface area (Å²) in [5, 5.41) is 0. The fourth-order valence-electron chi connectivity index (χ4n) is 2.44. The van der Waals surface area contributed by atoms with E-state index in [0.717, 1.165) is 4.47 Å². The van der Waals surface area contributed by atoms with Crippen molar-refractivity contribution in [3.8, 4) is 0 Å². The molecule has 0 saturated carbocycles. The van der Waals surface area contributed by atoms with Crippen molar-refractivity contribution in [3.05, 3.63) is 75.4 Å². The number of carbonyl (C=O) groups is 2. The quantitative estimate of drug-likeness (QED) is 0.571. The van der Waals surface area contributed by atoms with E-state index in [1.807, 2.05) is 18.2 Å². The first kappa shape index (κ1) is 13.9. The highest BCUT2D eigenvalue weighted by Gasteiger charge is 2.36. The van der Waals surface area contributed by atoms with E-state index in [1.165, 1.54) is 0 Å². The SMILES string of the molecule is O=C1OC(c2ccccc2Br)=NC1=C1OC(=O)c2ccccc21. The second kappa shape index (κ2) is 5.17. The molecule has 0 bridgehead atoms. The maximum absolute atomic E-state index is 12.2. The number of esters is 2. The number of benzene rings is 2. The van der Waals surface area contributed by atoms with E-state index in [4.69, 9.17) is 9.47 Å². The molecule has 112 valence electrons. The van der Waals surface area contributed by atoms with Crippen molar-refractivity contribution in [2.24, 2.45) is 4.99 Å². The van der Waals surface area contributed by atoms with Gasteiger partial charge in [0.2, 0.25) is 5.90 Å². The van der Waals surface area contributed by atoms with Crippen LogP contribution in [0, 0.1) is 0 Å². The second-order valence-corrected chi connectivity index (χ2v) is 5.75. The molecule has 0 unspecified atom stereocenters. The fourth-order valence-corrected chi connectivity index (χ4v) is 2.89. The third-order valence-corrected chi connectivity index (χ3v) is 4.19. The molecule has 2 aromatic carbocycles. The summed E-state index contributed by atoms with van der Waals surface area (Å²) in [6.45, 7) is 0. The lowest BCUT2D eigenvalue weighted by molar-refractivity contribution is -0.130. The van der Waals surface area contributed by atoms with Crippen molar-refractivity contribution >= 4 is 39.5 Å². The van der Waals surface area contributed by atoms with Crippen LogP contribution in [0.15, 0.2) is 63.7 Å². The lowest BCUT2D eigenvalue weighted by Crippen LogP contribution is -2.06. The number of cyclic esters (lactones) is 2. The van der Waals surface area contributed by atoms with Gasteiger partial charge in [-0.2, -0.15) is 0 Å². The molecule has 0 atom stereocenters. The predicted octanol–water partition coefficient (Wildman–Crippen LogP) is 3.29. The molecule has 0 saturated heterocycles. The van der Waals surface area contributed by atoms with Crippen LogP contribution in [-0.4, -0.2) is 17.8 Å². The Morgan fingerprint density at radius 1 is 0.783 bits per heavy atom. The summed E-state index contributed by atoms with van der Waals surface area (Å²) >= 11 is 3.39. The van der Waals surface area contributed by atoms with Crippen molar-refractivity contribution in [3.63, 3.8) is 0 Å². The van der Waals surface area contributed by atoms with Gasteiger partial charge in [0.1, 0.15) is 0 Å². The zero-order chi connectivity index (χ0) is 16.0. The zero-order valence-electron chi connectivity index (χ0n) is 11.6. The molecule has 0 radical (unpaired) electrons. The third kappa shape index (κ3) is 2.19. The van der Waals surface area contributed by atoms with Crippen molar-refractivity contribution in [1.82, 2.24) is 0 Å². The molecule has 0 spiro atoms. The van der Waals surface area contributed by atoms with Gasteiger partial charge in [-0.05, 0) is 34.1 Å². The first-order valence-corrected chi connectivity index (χ1v) is 7.56. The number of hydrogen-bond acceptors (Lipinski definition) is 5. The Hall–Kier alpha value is -2.73. The number of ether oxygens (including phenoxy) is 2. The summed E-state index contributed by atoms with van der Waals surface area (Å²) in [7, 11) is 0. The van der Waals surface area contributed by atoms with Crippen LogP contribution < -0.4 is 0 Å². The molecule has 0 aromatic heterocycles. The number of nitrogens with zero attached hydrogens (tertiary/aromatic N) is 1. The summed E-state index contributed by atoms with van der Waals surface area (Å²) in [6.07, 6.45) is 0. The predicted molar refractivity (Wildman–Crippen MR) is 85.5 cm³/mol. The molecule has 6 heteroatoms. The van der Waals surface area contributed by atoms with Gasteiger partial charge in [0.25, 0.3) is 0 Å². The van der Waals surface area contributed by atoms with E-state index in [9.17, 15) is 9.59 Å². The topological polar surface area (TPSA) is 65.0 Å². The molecule has 0 amide bonds. The number of halogens is 1. The average Bonchev–Trinajstić information content (AvgIpc) is 3.09. The normalized spacial score (nSPS) is 19.3. The molecule has 4 rings (SSSR count). The third-order valence-electron chi connectivity index (χ3n) is 3.50. The molecule has 0 aliphatic carbocycles. The van der Waals surface area contributed by atoms with Crippen LogP contribution in [0.1, 0.15) is 21.5 Å². The number of aliphatic imine (C=N–C) groups is 1. The molecular weight excluding hydrogens is 362 g/mol. The first-order valence-electron chi connectivity index (χ1n) is 6.77. The smallest absolute Gasteiger partial charge is 0.367 e. The van der Waals surface area contributed by atoms with E-state index < -0.39 is 11.9 Å². The van der Waals surface area contributed by atoms with Gasteiger partial charge in [-0.25, -0.2) is 14.6 Å². The highest BCUT2D eigenvalue weighted by Crippen LogP contribution is 2.35. The maximum Gasteiger partial charge on any atom is 0.367 e. The summed E-state index contributed by atoms with van der Waals surface area (Å²) in [5.74, 6) is -0.834. The van der Waals surface area contributed by atoms with Gasteiger partial charge in [0, 0.05) is 10.0 Å². The Kier molecular flexibility index (Phi) is 3.12. The van der Waals surface area contributed by atoms with Gasteiger partial charge in [0.15, 0.2) is 11.5 Å². The lowest BCUT2D eigenvalue weighted by atomic mass is 10.1. The summed E-state index contributed by atoms with van der Waals surface area (Å²) in [5.41, 5.74) is 1.59. The molecule has 2 aliphatic rings. The molecule has 0 fully saturated rings. The Balaban J connectivity index is 1.86. The standard InChI is InChI=1S/C17H8BrNO4/c18-12-8-4-3-7-11(12)15-19-13(17(21)23-15)14-9-5-1-2-6-10(9)16(20)22-14/h1-8H. The minimum atomic E-state index is -0.643. The van der Waals surface area contributed by atoms with Crippen LogP contribution in [0.25, 0.3) is 5.76 Å². The highest BCUT2D eigenvalue weighted by molar-refractivity contribution is 9.10. The number of fused-ring (bicyclic) bond motifs is 1. The van der Waals surface area contributed by atoms with E-state index >= 15 is 0 Å². The van der Waals surface area contributed by atoms with E-state index in [2.05, 4.69) is 20.9 Å². The van der Waals surface area contributed by atoms with Crippen LogP contribution in [0.2, 0.25) is 0 Å². The zero-order valence-corrected chi connectivity index (χ0v) is 13.2. The Morgan fingerprint density at radius 3 is 2.17 bits per heavy atom. The van der Waals surface area contributed by atoms with Crippen LogP contribution in [0.3, 0.4) is 0 Å². The van der Waals surface area contributed by atoms with Gasteiger partial charge in [0.05, 0.1) is 11.1 Å². The Morgan fingerprint density at radius 2 is 1.43 bits per heavy atom. The van der Waals surface area contributed by atoms with Gasteiger partial charge in [-0.15, -0.1) is 0 Å². The van der Waals surface area contributed by atoms with E-state index in [-0.39, 0.29) is 17.4 Å². The molecule has 2 heterocycles. The van der Waals surface area contributed by atoms with Crippen LogP contribution in [0.5, 0.6) is 0 Å². The molecule has 2 aliphatic heterocycles.